The van der Waals surface area contributed by atoms with E-state index in [2.05, 4.69) is 0 Å². The van der Waals surface area contributed by atoms with Gasteiger partial charge in [0.25, 0.3) is 0 Å². The van der Waals surface area contributed by atoms with E-state index in [1.54, 1.807) is 6.92 Å². The van der Waals surface area contributed by atoms with Gasteiger partial charge in [-0.2, -0.15) is 0 Å². The zero-order chi connectivity index (χ0) is 21.8. The number of aliphatic hydroxyl groups is 3. The second kappa shape index (κ2) is 4.85. The Hall–Kier alpha value is -1.75. The molecule has 6 aliphatic rings. The van der Waals surface area contributed by atoms with Crippen LogP contribution >= 0.6 is 0 Å². The lowest BCUT2D eigenvalue weighted by molar-refractivity contribution is -0.208. The molecule has 10 heteroatoms. The molecule has 0 aromatic carbocycles. The summed E-state index contributed by atoms with van der Waals surface area (Å²) in [6.45, 7) is 7.05. The van der Waals surface area contributed by atoms with Crippen molar-refractivity contribution < 1.29 is 48.7 Å². The number of ether oxygens (including phenoxy) is 4. The summed E-state index contributed by atoms with van der Waals surface area (Å²) >= 11 is 0. The third-order valence-electron chi connectivity index (χ3n) is 8.76. The molecule has 2 unspecified atom stereocenters. The number of carbonyl (C=O) groups excluding carboxylic acids is 3. The van der Waals surface area contributed by atoms with E-state index in [0.29, 0.717) is 0 Å². The van der Waals surface area contributed by atoms with Crippen LogP contribution in [0.2, 0.25) is 0 Å². The maximum absolute atomic E-state index is 13.3. The predicted molar refractivity (Wildman–Crippen MR) is 91.9 cm³/mol. The molecule has 6 rings (SSSR count). The summed E-state index contributed by atoms with van der Waals surface area (Å²) in [6.07, 6.45) is -8.29. The first-order valence-corrected chi connectivity index (χ1v) is 10.2. The third kappa shape index (κ3) is 1.40. The first-order chi connectivity index (χ1) is 13.9. The van der Waals surface area contributed by atoms with Gasteiger partial charge in [-0.15, -0.1) is 0 Å². The summed E-state index contributed by atoms with van der Waals surface area (Å²) in [5, 5.41) is 34.2. The molecule has 164 valence electrons. The fraction of sp³-hybridized carbons (Fsp3) is 0.850. The minimum absolute atomic E-state index is 0.581. The van der Waals surface area contributed by atoms with Crippen LogP contribution < -0.4 is 0 Å². The largest absolute Gasteiger partial charge is 0.459 e. The average molecular weight is 424 g/mol. The fourth-order valence-corrected chi connectivity index (χ4v) is 8.28. The van der Waals surface area contributed by atoms with Gasteiger partial charge in [0.15, 0.2) is 11.7 Å². The average Bonchev–Trinajstić information content (AvgIpc) is 3.34. The number of rotatable bonds is 0. The number of esters is 3. The van der Waals surface area contributed by atoms with Crippen LogP contribution in [0, 0.1) is 34.0 Å². The van der Waals surface area contributed by atoms with Crippen molar-refractivity contribution in [2.45, 2.75) is 70.1 Å². The van der Waals surface area contributed by atoms with Crippen LogP contribution in [0.3, 0.4) is 0 Å². The standard InChI is InChI=1S/C20H24O10/c1-5-6-8(27-13(5)24)10(22)19-12-7(21)9(17(2,3)4)18(19)11(23)14(25)29-16(18)30-20(6,19)15(26)28-12/h5-12,16,21-23H,1-4H3/t5-,6?,7+,8+,9-,10+,11-,12+,16-,18?,19+,20+/m0/s1. The second-order valence-corrected chi connectivity index (χ2v) is 10.6. The highest BCUT2D eigenvalue weighted by atomic mass is 16.7. The third-order valence-corrected chi connectivity index (χ3v) is 8.76. The number of carbonyl (C=O) groups is 3. The Morgan fingerprint density at radius 1 is 0.967 bits per heavy atom. The van der Waals surface area contributed by atoms with Gasteiger partial charge in [-0.25, -0.2) is 9.59 Å². The van der Waals surface area contributed by atoms with E-state index in [9.17, 15) is 29.7 Å². The van der Waals surface area contributed by atoms with Crippen LogP contribution in [0.25, 0.3) is 0 Å². The van der Waals surface area contributed by atoms with Gasteiger partial charge in [-0.1, -0.05) is 27.7 Å². The van der Waals surface area contributed by atoms with Gasteiger partial charge in [0.05, 0.1) is 28.8 Å². The lowest BCUT2D eigenvalue weighted by Gasteiger charge is -2.47. The Morgan fingerprint density at radius 3 is 2.27 bits per heavy atom. The Labute approximate surface area is 171 Å². The fourth-order valence-electron chi connectivity index (χ4n) is 8.28. The van der Waals surface area contributed by atoms with Gasteiger partial charge in [0.1, 0.15) is 18.3 Å². The molecule has 4 heterocycles. The lowest BCUT2D eigenvalue weighted by Crippen LogP contribution is -2.63. The van der Waals surface area contributed by atoms with Gasteiger partial charge in [0.2, 0.25) is 6.29 Å². The molecular weight excluding hydrogens is 400 g/mol. The van der Waals surface area contributed by atoms with Crippen LogP contribution in [0.5, 0.6) is 0 Å². The van der Waals surface area contributed by atoms with E-state index < -0.39 is 94.3 Å². The van der Waals surface area contributed by atoms with Crippen molar-refractivity contribution in [2.24, 2.45) is 34.0 Å². The summed E-state index contributed by atoms with van der Waals surface area (Å²) in [4.78, 5) is 38.2. The maximum Gasteiger partial charge on any atom is 0.340 e. The molecule has 2 aliphatic carbocycles. The van der Waals surface area contributed by atoms with Gasteiger partial charge >= 0.3 is 17.9 Å². The molecule has 2 saturated carbocycles. The van der Waals surface area contributed by atoms with Crippen molar-refractivity contribution in [3.05, 3.63) is 0 Å². The minimum atomic E-state index is -1.89. The van der Waals surface area contributed by atoms with Crippen molar-refractivity contribution in [1.29, 1.82) is 0 Å². The molecule has 6 fully saturated rings. The lowest BCUT2D eigenvalue weighted by atomic mass is 9.51. The Balaban J connectivity index is 1.71. The quantitative estimate of drug-likeness (QED) is 0.309. The smallest absolute Gasteiger partial charge is 0.340 e. The highest BCUT2D eigenvalue weighted by molar-refractivity contribution is 5.92. The maximum atomic E-state index is 13.3. The van der Waals surface area contributed by atoms with Crippen molar-refractivity contribution >= 4 is 17.9 Å². The summed E-state index contributed by atoms with van der Waals surface area (Å²) in [7, 11) is 0. The minimum Gasteiger partial charge on any atom is -0.459 e. The second-order valence-electron chi connectivity index (χ2n) is 10.6. The van der Waals surface area contributed by atoms with E-state index in [4.69, 9.17) is 18.9 Å². The molecular formula is C20H24O10. The summed E-state index contributed by atoms with van der Waals surface area (Å²) < 4.78 is 22.7. The molecule has 30 heavy (non-hydrogen) atoms. The van der Waals surface area contributed by atoms with Crippen LogP contribution in [0.1, 0.15) is 27.7 Å². The van der Waals surface area contributed by atoms with E-state index in [-0.39, 0.29) is 0 Å². The number of aliphatic hydroxyl groups excluding tert-OH is 3. The van der Waals surface area contributed by atoms with E-state index >= 15 is 0 Å². The molecule has 2 spiro atoms. The number of hydrogen-bond acceptors (Lipinski definition) is 10. The molecule has 4 aliphatic heterocycles. The molecule has 0 bridgehead atoms. The van der Waals surface area contributed by atoms with Crippen molar-refractivity contribution in [1.82, 2.24) is 0 Å². The predicted octanol–water partition coefficient (Wildman–Crippen LogP) is -1.51. The van der Waals surface area contributed by atoms with E-state index in [0.717, 1.165) is 0 Å². The van der Waals surface area contributed by atoms with Crippen LogP contribution in [0.15, 0.2) is 0 Å². The number of fused-ring (bicyclic) bond motifs is 1. The van der Waals surface area contributed by atoms with Crippen LogP contribution in [-0.2, 0) is 33.3 Å². The van der Waals surface area contributed by atoms with Gasteiger partial charge in [-0.05, 0) is 5.41 Å². The van der Waals surface area contributed by atoms with Gasteiger partial charge in [-0.3, -0.25) is 4.79 Å². The van der Waals surface area contributed by atoms with Crippen molar-refractivity contribution in [3.8, 4) is 0 Å². The van der Waals surface area contributed by atoms with E-state index in [1.807, 2.05) is 20.8 Å². The first kappa shape index (κ1) is 19.0. The Kier molecular flexibility index (Phi) is 3.06. The summed E-state index contributed by atoms with van der Waals surface area (Å²) in [5.74, 6) is -4.90. The summed E-state index contributed by atoms with van der Waals surface area (Å²) in [5.41, 5.74) is -5.96. The zero-order valence-electron chi connectivity index (χ0n) is 16.9. The first-order valence-electron chi connectivity index (χ1n) is 10.2. The van der Waals surface area contributed by atoms with Crippen LogP contribution in [-0.4, -0.2) is 75.6 Å². The van der Waals surface area contributed by atoms with E-state index in [1.165, 1.54) is 0 Å². The Bertz CT molecular complexity index is 910. The Morgan fingerprint density at radius 2 is 1.63 bits per heavy atom. The van der Waals surface area contributed by atoms with Crippen molar-refractivity contribution in [3.63, 3.8) is 0 Å². The molecule has 0 aromatic heterocycles. The highest BCUT2D eigenvalue weighted by Gasteiger charge is 3.01. The molecule has 4 saturated heterocycles. The zero-order valence-corrected chi connectivity index (χ0v) is 16.9. The summed E-state index contributed by atoms with van der Waals surface area (Å²) in [6, 6.07) is 0. The number of hydrogen-bond donors (Lipinski definition) is 3. The monoisotopic (exact) mass is 424 g/mol. The van der Waals surface area contributed by atoms with Crippen LogP contribution in [0.4, 0.5) is 0 Å². The molecule has 0 radical (unpaired) electrons. The molecule has 10 nitrogen and oxygen atoms in total. The molecule has 12 atom stereocenters. The molecule has 0 amide bonds. The molecule has 3 N–H and O–H groups in total. The SMILES string of the molecule is C[C@@H]1C(=O)O[C@@H]2C1[C@@]13O[C@@H]4OC(=O)[C@H](O)C45[C@H](C(C)(C)C)[C@@H](O)[C@@H](OC1=O)[C@]53[C@@H]2O. The highest BCUT2D eigenvalue weighted by Crippen LogP contribution is 2.83. The normalized spacial score (nSPS) is 60.1. The molecule has 0 aromatic rings. The topological polar surface area (TPSA) is 149 Å². The van der Waals surface area contributed by atoms with Gasteiger partial charge < -0.3 is 34.3 Å². The van der Waals surface area contributed by atoms with Crippen molar-refractivity contribution in [2.75, 3.05) is 0 Å². The van der Waals surface area contributed by atoms with Gasteiger partial charge in [0, 0.05) is 5.92 Å².